The lowest BCUT2D eigenvalue weighted by Gasteiger charge is -2.06. The zero-order valence-corrected chi connectivity index (χ0v) is 10.7. The summed E-state index contributed by atoms with van der Waals surface area (Å²) in [6.45, 7) is 0. The van der Waals surface area contributed by atoms with Crippen molar-refractivity contribution in [1.82, 2.24) is 4.98 Å². The van der Waals surface area contributed by atoms with Crippen LogP contribution in [-0.2, 0) is 11.2 Å². The average molecular weight is 272 g/mol. The monoisotopic (exact) mass is 271 g/mol. The Balaban J connectivity index is 2.08. The Bertz CT molecular complexity index is 649. The summed E-state index contributed by atoms with van der Waals surface area (Å²) in [4.78, 5) is 15.7. The van der Waals surface area contributed by atoms with E-state index in [-0.39, 0.29) is 18.0 Å². The highest BCUT2D eigenvalue weighted by Crippen LogP contribution is 2.14. The molecule has 94 valence electrons. The number of nitrogens with one attached hydrogen (secondary N) is 1. The van der Waals surface area contributed by atoms with Gasteiger partial charge in [0.25, 0.3) is 0 Å². The van der Waals surface area contributed by atoms with Crippen LogP contribution < -0.4 is 5.32 Å². The number of hydrogen-bond acceptors (Lipinski definition) is 3. The minimum atomic E-state index is -0.216. The van der Waals surface area contributed by atoms with Crippen LogP contribution in [0.1, 0.15) is 11.3 Å². The molecule has 19 heavy (non-hydrogen) atoms. The molecule has 0 aliphatic carbocycles. The highest BCUT2D eigenvalue weighted by atomic mass is 35.5. The van der Waals surface area contributed by atoms with E-state index in [0.29, 0.717) is 10.7 Å². The number of carbonyl (C=O) groups excluding carboxylic acids is 1. The number of rotatable bonds is 3. The van der Waals surface area contributed by atoms with Crippen LogP contribution in [0.4, 0.5) is 5.69 Å². The molecule has 0 aliphatic heterocycles. The smallest absolute Gasteiger partial charge is 0.228 e. The van der Waals surface area contributed by atoms with Gasteiger partial charge in [-0.2, -0.15) is 5.26 Å². The number of nitrogens with zero attached hydrogens (tertiary/aromatic N) is 2. The first-order valence-electron chi connectivity index (χ1n) is 5.58. The van der Waals surface area contributed by atoms with Crippen molar-refractivity contribution in [3.8, 4) is 6.07 Å². The minimum absolute atomic E-state index is 0.195. The van der Waals surface area contributed by atoms with Gasteiger partial charge in [-0.25, -0.2) is 4.98 Å². The second kappa shape index (κ2) is 5.98. The number of anilines is 1. The van der Waals surface area contributed by atoms with Crippen molar-refractivity contribution in [3.05, 3.63) is 58.9 Å². The fourth-order valence-corrected chi connectivity index (χ4v) is 1.83. The van der Waals surface area contributed by atoms with Crippen LogP contribution in [-0.4, -0.2) is 10.9 Å². The van der Waals surface area contributed by atoms with Gasteiger partial charge in [-0.15, -0.1) is 0 Å². The molecule has 0 spiro atoms. The molecule has 1 aromatic heterocycles. The maximum absolute atomic E-state index is 11.9. The van der Waals surface area contributed by atoms with E-state index in [1.807, 2.05) is 12.1 Å². The second-order valence-electron chi connectivity index (χ2n) is 3.87. The molecule has 0 bridgehead atoms. The summed E-state index contributed by atoms with van der Waals surface area (Å²) in [7, 11) is 0. The summed E-state index contributed by atoms with van der Waals surface area (Å²) in [5.74, 6) is -0.216. The van der Waals surface area contributed by atoms with Gasteiger partial charge in [-0.1, -0.05) is 23.7 Å². The highest BCUT2D eigenvalue weighted by molar-refractivity contribution is 6.30. The van der Waals surface area contributed by atoms with E-state index in [1.165, 1.54) is 6.20 Å². The first kappa shape index (κ1) is 13.1. The normalized spacial score (nSPS) is 9.68. The Morgan fingerprint density at radius 3 is 2.95 bits per heavy atom. The SMILES string of the molecule is N#Cc1ncccc1NC(=O)Cc1cccc(Cl)c1. The van der Waals surface area contributed by atoms with Gasteiger partial charge >= 0.3 is 0 Å². The summed E-state index contributed by atoms with van der Waals surface area (Å²) < 4.78 is 0. The summed E-state index contributed by atoms with van der Waals surface area (Å²) >= 11 is 5.85. The van der Waals surface area contributed by atoms with Crippen molar-refractivity contribution in [2.24, 2.45) is 0 Å². The summed E-state index contributed by atoms with van der Waals surface area (Å²) in [5.41, 5.74) is 1.42. The average Bonchev–Trinajstić information content (AvgIpc) is 2.39. The second-order valence-corrected chi connectivity index (χ2v) is 4.30. The lowest BCUT2D eigenvalue weighted by molar-refractivity contribution is -0.115. The van der Waals surface area contributed by atoms with Gasteiger partial charge < -0.3 is 5.32 Å². The van der Waals surface area contributed by atoms with Crippen LogP contribution in [0, 0.1) is 11.3 Å². The van der Waals surface area contributed by atoms with Crippen LogP contribution in [0.2, 0.25) is 5.02 Å². The molecule has 0 atom stereocenters. The van der Waals surface area contributed by atoms with E-state index in [2.05, 4.69) is 10.3 Å². The Hall–Kier alpha value is -2.38. The lowest BCUT2D eigenvalue weighted by Crippen LogP contribution is -2.15. The third-order valence-corrected chi connectivity index (χ3v) is 2.68. The van der Waals surface area contributed by atoms with Gasteiger partial charge in [0.2, 0.25) is 5.91 Å². The van der Waals surface area contributed by atoms with Gasteiger partial charge in [0.15, 0.2) is 5.69 Å². The topological polar surface area (TPSA) is 65.8 Å². The molecule has 0 saturated heterocycles. The molecule has 0 radical (unpaired) electrons. The molecule has 1 heterocycles. The first-order valence-corrected chi connectivity index (χ1v) is 5.96. The summed E-state index contributed by atoms with van der Waals surface area (Å²) in [5, 5.41) is 12.1. The molecule has 0 unspecified atom stereocenters. The Kier molecular flexibility index (Phi) is 4.11. The predicted molar refractivity (Wildman–Crippen MR) is 72.7 cm³/mol. The van der Waals surface area contributed by atoms with Crippen molar-refractivity contribution < 1.29 is 4.79 Å². The van der Waals surface area contributed by atoms with Crippen molar-refractivity contribution in [2.45, 2.75) is 6.42 Å². The minimum Gasteiger partial charge on any atom is -0.323 e. The van der Waals surface area contributed by atoms with Gasteiger partial charge in [0.05, 0.1) is 12.1 Å². The number of halogens is 1. The van der Waals surface area contributed by atoms with Gasteiger partial charge in [0.1, 0.15) is 6.07 Å². The van der Waals surface area contributed by atoms with E-state index < -0.39 is 0 Å². The van der Waals surface area contributed by atoms with E-state index in [9.17, 15) is 4.79 Å². The first-order chi connectivity index (χ1) is 9.19. The van der Waals surface area contributed by atoms with Crippen molar-refractivity contribution in [2.75, 3.05) is 5.32 Å². The maximum atomic E-state index is 11.9. The molecule has 2 aromatic rings. The number of nitriles is 1. The van der Waals surface area contributed by atoms with Crippen LogP contribution >= 0.6 is 11.6 Å². The molecule has 5 heteroatoms. The predicted octanol–water partition coefficient (Wildman–Crippen LogP) is 2.79. The number of aromatic nitrogens is 1. The lowest BCUT2D eigenvalue weighted by atomic mass is 10.1. The van der Waals surface area contributed by atoms with Gasteiger partial charge in [0, 0.05) is 11.2 Å². The van der Waals surface area contributed by atoms with E-state index in [0.717, 1.165) is 5.56 Å². The van der Waals surface area contributed by atoms with E-state index in [4.69, 9.17) is 16.9 Å². The molecule has 1 aromatic carbocycles. The number of carbonyl (C=O) groups is 1. The molecular weight excluding hydrogens is 262 g/mol. The molecule has 0 saturated carbocycles. The molecule has 4 nitrogen and oxygen atoms in total. The Labute approximate surface area is 115 Å². The summed E-state index contributed by atoms with van der Waals surface area (Å²) in [6, 6.07) is 12.3. The fourth-order valence-electron chi connectivity index (χ4n) is 1.62. The third kappa shape index (κ3) is 3.54. The van der Waals surface area contributed by atoms with Crippen molar-refractivity contribution in [1.29, 1.82) is 5.26 Å². The van der Waals surface area contributed by atoms with Gasteiger partial charge in [-0.05, 0) is 29.8 Å². The fraction of sp³-hybridized carbons (Fsp3) is 0.0714. The standard InChI is InChI=1S/C14H10ClN3O/c15-11-4-1-3-10(7-11)8-14(19)18-12-5-2-6-17-13(12)9-16/h1-7H,8H2,(H,18,19). The number of benzene rings is 1. The molecule has 1 amide bonds. The molecule has 1 N–H and O–H groups in total. The zero-order chi connectivity index (χ0) is 13.7. The molecular formula is C14H10ClN3O. The molecule has 0 fully saturated rings. The van der Waals surface area contributed by atoms with Gasteiger partial charge in [-0.3, -0.25) is 4.79 Å². The quantitative estimate of drug-likeness (QED) is 0.933. The maximum Gasteiger partial charge on any atom is 0.228 e. The van der Waals surface area contributed by atoms with E-state index in [1.54, 1.807) is 30.3 Å². The Morgan fingerprint density at radius 2 is 2.21 bits per heavy atom. The van der Waals surface area contributed by atoms with Crippen molar-refractivity contribution in [3.63, 3.8) is 0 Å². The largest absolute Gasteiger partial charge is 0.323 e. The number of pyridine rings is 1. The van der Waals surface area contributed by atoms with Crippen LogP contribution in [0.25, 0.3) is 0 Å². The highest BCUT2D eigenvalue weighted by Gasteiger charge is 2.08. The van der Waals surface area contributed by atoms with Crippen LogP contribution in [0.5, 0.6) is 0 Å². The Morgan fingerprint density at radius 1 is 1.37 bits per heavy atom. The number of hydrogen-bond donors (Lipinski definition) is 1. The third-order valence-electron chi connectivity index (χ3n) is 2.44. The molecule has 2 rings (SSSR count). The van der Waals surface area contributed by atoms with Crippen LogP contribution in [0.15, 0.2) is 42.6 Å². The summed E-state index contributed by atoms with van der Waals surface area (Å²) in [6.07, 6.45) is 1.70. The van der Waals surface area contributed by atoms with E-state index >= 15 is 0 Å². The molecule has 0 aliphatic rings. The van der Waals surface area contributed by atoms with Crippen LogP contribution in [0.3, 0.4) is 0 Å². The zero-order valence-electron chi connectivity index (χ0n) is 9.93. The number of amides is 1. The van der Waals surface area contributed by atoms with Crippen molar-refractivity contribution >= 4 is 23.2 Å².